The first-order valence-electron chi connectivity index (χ1n) is 8.80. The Kier molecular flexibility index (Phi) is 3.85. The number of hydrogen-bond donors (Lipinski definition) is 2. The van der Waals surface area contributed by atoms with Gasteiger partial charge < -0.3 is 10.1 Å². The van der Waals surface area contributed by atoms with Crippen molar-refractivity contribution in [2.24, 2.45) is 10.4 Å². The number of benzene rings is 2. The third-order valence-corrected chi connectivity index (χ3v) is 5.27. The van der Waals surface area contributed by atoms with E-state index in [1.54, 1.807) is 30.5 Å². The Labute approximate surface area is 157 Å². The zero-order valence-corrected chi connectivity index (χ0v) is 15.2. The highest BCUT2D eigenvalue weighted by atomic mass is 16.3. The van der Waals surface area contributed by atoms with E-state index in [1.165, 1.54) is 5.56 Å². The van der Waals surface area contributed by atoms with E-state index in [4.69, 9.17) is 0 Å². The van der Waals surface area contributed by atoms with Crippen LogP contribution in [0.15, 0.2) is 47.5 Å². The Hall–Kier alpha value is -3.39. The second-order valence-corrected chi connectivity index (χ2v) is 7.71. The summed E-state index contributed by atoms with van der Waals surface area (Å²) >= 11 is 0. The minimum absolute atomic E-state index is 0.0295. The van der Waals surface area contributed by atoms with Crippen LogP contribution in [0.1, 0.15) is 46.9 Å². The number of aromatic nitrogens is 1. The molecule has 1 aliphatic rings. The molecule has 134 valence electrons. The molecule has 1 aromatic heterocycles. The zero-order chi connectivity index (χ0) is 19.2. The smallest absolute Gasteiger partial charge is 0.293 e. The van der Waals surface area contributed by atoms with Gasteiger partial charge in [-0.05, 0) is 59.4 Å². The SMILES string of the molecule is CC1(C)Cc2ccc(C#N)cc2C1C=NC(=O)c1cc2cc(O)ccc2[nH]1. The first-order valence-corrected chi connectivity index (χ1v) is 8.80. The molecule has 0 fully saturated rings. The number of aliphatic imine (C=N–C) groups is 1. The standard InChI is InChI=1S/C22H19N3O2/c1-22(2)10-14-4-3-13(11-23)7-17(14)18(22)12-24-21(27)20-9-15-8-16(26)5-6-19(15)25-20/h3-9,12,18,25-26H,10H2,1-2H3. The first-order chi connectivity index (χ1) is 12.9. The summed E-state index contributed by atoms with van der Waals surface area (Å²) in [6, 6.07) is 14.5. The van der Waals surface area contributed by atoms with Crippen LogP contribution < -0.4 is 0 Å². The average molecular weight is 357 g/mol. The summed E-state index contributed by atoms with van der Waals surface area (Å²) in [5, 5.41) is 19.5. The highest BCUT2D eigenvalue weighted by molar-refractivity contribution is 6.02. The number of aromatic amines is 1. The molecule has 5 heteroatoms. The lowest BCUT2D eigenvalue weighted by atomic mass is 9.80. The molecule has 27 heavy (non-hydrogen) atoms. The number of amides is 1. The molecule has 0 bridgehead atoms. The van der Waals surface area contributed by atoms with Gasteiger partial charge in [0.2, 0.25) is 0 Å². The number of nitrogens with zero attached hydrogens (tertiary/aromatic N) is 2. The van der Waals surface area contributed by atoms with Gasteiger partial charge in [-0.2, -0.15) is 5.26 Å². The lowest BCUT2D eigenvalue weighted by molar-refractivity contribution is 0.0999. The molecule has 2 aromatic carbocycles. The molecule has 2 N–H and O–H groups in total. The van der Waals surface area contributed by atoms with Gasteiger partial charge in [0.15, 0.2) is 0 Å². The number of H-pyrrole nitrogens is 1. The minimum Gasteiger partial charge on any atom is -0.508 e. The van der Waals surface area contributed by atoms with Gasteiger partial charge in [-0.3, -0.25) is 4.79 Å². The maximum absolute atomic E-state index is 12.6. The molecule has 4 rings (SSSR count). The lowest BCUT2D eigenvalue weighted by Gasteiger charge is -2.24. The van der Waals surface area contributed by atoms with E-state index in [1.807, 2.05) is 18.2 Å². The van der Waals surface area contributed by atoms with E-state index in [0.717, 1.165) is 22.9 Å². The molecule has 1 atom stereocenters. The van der Waals surface area contributed by atoms with Crippen LogP contribution >= 0.6 is 0 Å². The highest BCUT2D eigenvalue weighted by Gasteiger charge is 2.38. The Balaban J connectivity index is 1.65. The second-order valence-electron chi connectivity index (χ2n) is 7.71. The maximum atomic E-state index is 12.6. The number of phenols is 1. The monoisotopic (exact) mass is 357 g/mol. The molecule has 5 nitrogen and oxygen atoms in total. The Morgan fingerprint density at radius 2 is 2.11 bits per heavy atom. The lowest BCUT2D eigenvalue weighted by Crippen LogP contribution is -2.19. The first kappa shape index (κ1) is 17.0. The number of aromatic hydroxyl groups is 1. The van der Waals surface area contributed by atoms with Crippen molar-refractivity contribution in [2.75, 3.05) is 0 Å². The number of nitrogens with one attached hydrogen (secondary N) is 1. The van der Waals surface area contributed by atoms with Gasteiger partial charge in [0.1, 0.15) is 11.4 Å². The van der Waals surface area contributed by atoms with Gasteiger partial charge in [-0.15, -0.1) is 0 Å². The Morgan fingerprint density at radius 3 is 2.89 bits per heavy atom. The van der Waals surface area contributed by atoms with Crippen molar-refractivity contribution < 1.29 is 9.90 Å². The van der Waals surface area contributed by atoms with Gasteiger partial charge in [-0.25, -0.2) is 4.99 Å². The van der Waals surface area contributed by atoms with E-state index < -0.39 is 0 Å². The molecule has 1 unspecified atom stereocenters. The van der Waals surface area contributed by atoms with E-state index in [9.17, 15) is 15.2 Å². The fourth-order valence-corrected chi connectivity index (χ4v) is 3.87. The molecule has 1 amide bonds. The third kappa shape index (κ3) is 3.00. The number of hydrogen-bond acceptors (Lipinski definition) is 3. The molecule has 0 saturated heterocycles. The fourth-order valence-electron chi connectivity index (χ4n) is 3.87. The summed E-state index contributed by atoms with van der Waals surface area (Å²) in [7, 11) is 0. The molecule has 1 heterocycles. The van der Waals surface area contributed by atoms with E-state index in [2.05, 4.69) is 29.9 Å². The Morgan fingerprint density at radius 1 is 1.30 bits per heavy atom. The van der Waals surface area contributed by atoms with Crippen LogP contribution in [-0.2, 0) is 6.42 Å². The number of fused-ring (bicyclic) bond motifs is 2. The van der Waals surface area contributed by atoms with Crippen molar-refractivity contribution in [2.45, 2.75) is 26.2 Å². The van der Waals surface area contributed by atoms with Crippen LogP contribution in [0.25, 0.3) is 10.9 Å². The number of rotatable bonds is 2. The fraction of sp³-hybridized carbons (Fsp3) is 0.227. The van der Waals surface area contributed by atoms with Gasteiger partial charge in [0, 0.05) is 23.0 Å². The zero-order valence-electron chi connectivity index (χ0n) is 15.2. The number of nitriles is 1. The van der Waals surface area contributed by atoms with Crippen molar-refractivity contribution in [1.29, 1.82) is 5.26 Å². The van der Waals surface area contributed by atoms with Crippen molar-refractivity contribution in [1.82, 2.24) is 4.98 Å². The van der Waals surface area contributed by atoms with Crippen LogP contribution in [0.4, 0.5) is 0 Å². The summed E-state index contributed by atoms with van der Waals surface area (Å²) in [5.41, 5.74) is 3.96. The van der Waals surface area contributed by atoms with Crippen molar-refractivity contribution in [3.8, 4) is 11.8 Å². The van der Waals surface area contributed by atoms with Gasteiger partial charge in [0.05, 0.1) is 11.6 Å². The van der Waals surface area contributed by atoms with Crippen molar-refractivity contribution in [3.05, 3.63) is 64.8 Å². The predicted octanol–water partition coefficient (Wildman–Crippen LogP) is 4.32. The number of phenolic OH excluding ortho intramolecular Hbond substituents is 1. The summed E-state index contributed by atoms with van der Waals surface area (Å²) in [6.07, 6.45) is 2.59. The van der Waals surface area contributed by atoms with Gasteiger partial charge in [0.25, 0.3) is 5.91 Å². The number of carbonyl (C=O) groups excluding carboxylic acids is 1. The van der Waals surface area contributed by atoms with Crippen LogP contribution in [0.3, 0.4) is 0 Å². The second kappa shape index (κ2) is 6.10. The molecule has 0 aliphatic heterocycles. The largest absolute Gasteiger partial charge is 0.508 e. The van der Waals surface area contributed by atoms with Gasteiger partial charge in [-0.1, -0.05) is 19.9 Å². The van der Waals surface area contributed by atoms with E-state index >= 15 is 0 Å². The molecule has 0 radical (unpaired) electrons. The highest BCUT2D eigenvalue weighted by Crippen LogP contribution is 2.46. The van der Waals surface area contributed by atoms with Crippen molar-refractivity contribution in [3.63, 3.8) is 0 Å². The van der Waals surface area contributed by atoms with Crippen LogP contribution in [0.2, 0.25) is 0 Å². The minimum atomic E-state index is -0.355. The maximum Gasteiger partial charge on any atom is 0.293 e. The summed E-state index contributed by atoms with van der Waals surface area (Å²) in [4.78, 5) is 19.8. The van der Waals surface area contributed by atoms with Crippen LogP contribution in [0.5, 0.6) is 5.75 Å². The third-order valence-electron chi connectivity index (χ3n) is 5.27. The summed E-state index contributed by atoms with van der Waals surface area (Å²) in [5.74, 6) is -0.230. The molecule has 0 saturated carbocycles. The molecular formula is C22H19N3O2. The average Bonchev–Trinajstić information content (AvgIpc) is 3.16. The van der Waals surface area contributed by atoms with E-state index in [-0.39, 0.29) is 23.0 Å². The van der Waals surface area contributed by atoms with Crippen LogP contribution in [0, 0.1) is 16.7 Å². The normalized spacial score (nSPS) is 17.9. The number of carbonyl (C=O) groups is 1. The molecule has 1 aliphatic carbocycles. The molecular weight excluding hydrogens is 338 g/mol. The topological polar surface area (TPSA) is 89.2 Å². The van der Waals surface area contributed by atoms with Crippen LogP contribution in [-0.4, -0.2) is 22.2 Å². The molecule has 3 aromatic rings. The summed E-state index contributed by atoms with van der Waals surface area (Å²) in [6.45, 7) is 4.29. The van der Waals surface area contributed by atoms with Crippen molar-refractivity contribution >= 4 is 23.0 Å². The predicted molar refractivity (Wildman–Crippen MR) is 104 cm³/mol. The van der Waals surface area contributed by atoms with E-state index in [0.29, 0.717) is 11.3 Å². The van der Waals surface area contributed by atoms with Gasteiger partial charge >= 0.3 is 0 Å². The quantitative estimate of drug-likeness (QED) is 0.669. The summed E-state index contributed by atoms with van der Waals surface area (Å²) < 4.78 is 0. The molecule has 0 spiro atoms. The Bertz CT molecular complexity index is 1130.